The van der Waals surface area contributed by atoms with Crippen LogP contribution in [0.3, 0.4) is 0 Å². The Balaban J connectivity index is 2.58. The molecule has 1 aromatic rings. The van der Waals surface area contributed by atoms with Gasteiger partial charge in [-0.3, -0.25) is 4.79 Å². The molecule has 1 unspecified atom stereocenters. The van der Waals surface area contributed by atoms with E-state index in [0.29, 0.717) is 11.0 Å². The molecule has 0 bridgehead atoms. The second kappa shape index (κ2) is 5.91. The standard InChI is InChI=1S/C12H15FOS/c1-3-9(2)15-8-12(14)10-6-4-5-7-11(10)13/h4-7,9H,3,8H2,1-2H3. The first kappa shape index (κ1) is 12.2. The highest BCUT2D eigenvalue weighted by Gasteiger charge is 2.11. The van der Waals surface area contributed by atoms with Gasteiger partial charge in [-0.2, -0.15) is 11.8 Å². The fourth-order valence-corrected chi connectivity index (χ4v) is 1.93. The molecule has 15 heavy (non-hydrogen) atoms. The molecule has 3 heteroatoms. The second-order valence-electron chi connectivity index (χ2n) is 3.43. The van der Waals surface area contributed by atoms with Crippen LogP contribution in [0.1, 0.15) is 30.6 Å². The van der Waals surface area contributed by atoms with E-state index in [9.17, 15) is 9.18 Å². The third kappa shape index (κ3) is 3.67. The molecule has 82 valence electrons. The van der Waals surface area contributed by atoms with Gasteiger partial charge in [0.2, 0.25) is 0 Å². The maximum absolute atomic E-state index is 13.2. The Kier molecular flexibility index (Phi) is 4.82. The summed E-state index contributed by atoms with van der Waals surface area (Å²) in [5.41, 5.74) is 0.202. The summed E-state index contributed by atoms with van der Waals surface area (Å²) in [6.45, 7) is 4.14. The summed E-state index contributed by atoms with van der Waals surface area (Å²) in [6.07, 6.45) is 1.02. The van der Waals surface area contributed by atoms with Crippen LogP contribution < -0.4 is 0 Å². The number of benzene rings is 1. The van der Waals surface area contributed by atoms with E-state index in [0.717, 1.165) is 6.42 Å². The molecule has 0 saturated carbocycles. The molecule has 0 spiro atoms. The molecular weight excluding hydrogens is 211 g/mol. The minimum absolute atomic E-state index is 0.126. The number of rotatable bonds is 5. The molecule has 0 aromatic heterocycles. The summed E-state index contributed by atoms with van der Waals surface area (Å²) in [5.74, 6) is -0.193. The van der Waals surface area contributed by atoms with E-state index in [-0.39, 0.29) is 11.3 Å². The van der Waals surface area contributed by atoms with Crippen molar-refractivity contribution >= 4 is 17.5 Å². The van der Waals surface area contributed by atoms with Crippen molar-refractivity contribution in [1.82, 2.24) is 0 Å². The molecule has 0 saturated heterocycles. The Morgan fingerprint density at radius 1 is 1.47 bits per heavy atom. The van der Waals surface area contributed by atoms with Crippen LogP contribution in [0.25, 0.3) is 0 Å². The zero-order valence-electron chi connectivity index (χ0n) is 9.00. The minimum atomic E-state index is -0.424. The van der Waals surface area contributed by atoms with E-state index in [1.54, 1.807) is 23.9 Å². The number of Topliss-reactive ketones (excluding diaryl/α,β-unsaturated/α-hetero) is 1. The molecule has 0 fully saturated rings. The number of hydrogen-bond donors (Lipinski definition) is 0. The van der Waals surface area contributed by atoms with Gasteiger partial charge in [-0.05, 0) is 18.6 Å². The number of halogens is 1. The SMILES string of the molecule is CCC(C)SCC(=O)c1ccccc1F. The van der Waals surface area contributed by atoms with E-state index in [4.69, 9.17) is 0 Å². The zero-order chi connectivity index (χ0) is 11.3. The van der Waals surface area contributed by atoms with Gasteiger partial charge < -0.3 is 0 Å². The lowest BCUT2D eigenvalue weighted by atomic mass is 10.1. The van der Waals surface area contributed by atoms with Crippen LogP contribution in [0.2, 0.25) is 0 Å². The van der Waals surface area contributed by atoms with Crippen molar-refractivity contribution in [1.29, 1.82) is 0 Å². The molecule has 1 nitrogen and oxygen atoms in total. The molecule has 0 amide bonds. The van der Waals surface area contributed by atoms with E-state index in [2.05, 4.69) is 13.8 Å². The third-order valence-corrected chi connectivity index (χ3v) is 3.58. The van der Waals surface area contributed by atoms with Crippen LogP contribution in [-0.4, -0.2) is 16.8 Å². The maximum atomic E-state index is 13.2. The first-order valence-corrected chi connectivity index (χ1v) is 6.09. The topological polar surface area (TPSA) is 17.1 Å². The lowest BCUT2D eigenvalue weighted by Gasteiger charge is -2.07. The van der Waals surface area contributed by atoms with Crippen LogP contribution in [0.5, 0.6) is 0 Å². The van der Waals surface area contributed by atoms with Crippen molar-refractivity contribution in [2.45, 2.75) is 25.5 Å². The summed E-state index contributed by atoms with van der Waals surface area (Å²) in [7, 11) is 0. The average Bonchev–Trinajstić information content (AvgIpc) is 2.26. The lowest BCUT2D eigenvalue weighted by molar-refractivity contribution is 0.101. The summed E-state index contributed by atoms with van der Waals surface area (Å²) in [4.78, 5) is 11.6. The van der Waals surface area contributed by atoms with Gasteiger partial charge in [0.1, 0.15) is 5.82 Å². The molecule has 0 N–H and O–H groups in total. The highest BCUT2D eigenvalue weighted by atomic mass is 32.2. The minimum Gasteiger partial charge on any atom is -0.293 e. The summed E-state index contributed by atoms with van der Waals surface area (Å²) < 4.78 is 13.2. The van der Waals surface area contributed by atoms with E-state index < -0.39 is 5.82 Å². The van der Waals surface area contributed by atoms with Crippen molar-refractivity contribution in [2.75, 3.05) is 5.75 Å². The van der Waals surface area contributed by atoms with Crippen molar-refractivity contribution in [3.63, 3.8) is 0 Å². The largest absolute Gasteiger partial charge is 0.293 e. The number of thioether (sulfide) groups is 1. The van der Waals surface area contributed by atoms with Crippen molar-refractivity contribution in [3.8, 4) is 0 Å². The average molecular weight is 226 g/mol. The van der Waals surface area contributed by atoms with Gasteiger partial charge in [0.15, 0.2) is 5.78 Å². The first-order valence-electron chi connectivity index (χ1n) is 5.04. The van der Waals surface area contributed by atoms with Crippen LogP contribution in [0.15, 0.2) is 24.3 Å². The fourth-order valence-electron chi connectivity index (χ4n) is 1.10. The van der Waals surface area contributed by atoms with Crippen LogP contribution in [0, 0.1) is 5.82 Å². The molecule has 0 radical (unpaired) electrons. The van der Waals surface area contributed by atoms with E-state index in [1.165, 1.54) is 12.1 Å². The van der Waals surface area contributed by atoms with Gasteiger partial charge in [0.05, 0.1) is 11.3 Å². The van der Waals surface area contributed by atoms with Gasteiger partial charge >= 0.3 is 0 Å². The molecule has 1 rings (SSSR count). The highest BCUT2D eigenvalue weighted by molar-refractivity contribution is 8.00. The monoisotopic (exact) mass is 226 g/mol. The molecule has 0 aliphatic rings. The van der Waals surface area contributed by atoms with Gasteiger partial charge in [-0.1, -0.05) is 26.0 Å². The summed E-state index contributed by atoms with van der Waals surface area (Å²) in [5, 5.41) is 0.445. The normalized spacial score (nSPS) is 12.5. The number of ketones is 1. The molecular formula is C12H15FOS. The quantitative estimate of drug-likeness (QED) is 0.714. The van der Waals surface area contributed by atoms with E-state index >= 15 is 0 Å². The summed E-state index contributed by atoms with van der Waals surface area (Å²) in [6, 6.07) is 6.13. The molecule has 0 aliphatic heterocycles. The van der Waals surface area contributed by atoms with E-state index in [1.807, 2.05) is 0 Å². The number of hydrogen-bond acceptors (Lipinski definition) is 2. The third-order valence-electron chi connectivity index (χ3n) is 2.25. The highest BCUT2D eigenvalue weighted by Crippen LogP contribution is 2.16. The molecule has 1 atom stereocenters. The Hall–Kier alpha value is -0.830. The van der Waals surface area contributed by atoms with Gasteiger partial charge in [0, 0.05) is 5.25 Å². The van der Waals surface area contributed by atoms with Crippen LogP contribution >= 0.6 is 11.8 Å². The van der Waals surface area contributed by atoms with Crippen LogP contribution in [0.4, 0.5) is 4.39 Å². The Bertz CT molecular complexity index is 338. The summed E-state index contributed by atoms with van der Waals surface area (Å²) >= 11 is 1.57. The lowest BCUT2D eigenvalue weighted by Crippen LogP contribution is -2.07. The van der Waals surface area contributed by atoms with Crippen molar-refractivity contribution in [3.05, 3.63) is 35.6 Å². The zero-order valence-corrected chi connectivity index (χ0v) is 9.81. The van der Waals surface area contributed by atoms with Crippen molar-refractivity contribution in [2.24, 2.45) is 0 Å². The van der Waals surface area contributed by atoms with Crippen LogP contribution in [-0.2, 0) is 0 Å². The molecule has 0 heterocycles. The maximum Gasteiger partial charge on any atom is 0.175 e. The second-order valence-corrected chi connectivity index (χ2v) is 4.86. The molecule has 0 aliphatic carbocycles. The Morgan fingerprint density at radius 2 is 2.13 bits per heavy atom. The van der Waals surface area contributed by atoms with Gasteiger partial charge in [-0.15, -0.1) is 0 Å². The van der Waals surface area contributed by atoms with Crippen molar-refractivity contribution < 1.29 is 9.18 Å². The Morgan fingerprint density at radius 3 is 2.73 bits per heavy atom. The fraction of sp³-hybridized carbons (Fsp3) is 0.417. The van der Waals surface area contributed by atoms with Gasteiger partial charge in [-0.25, -0.2) is 4.39 Å². The smallest absolute Gasteiger partial charge is 0.175 e. The first-order chi connectivity index (χ1) is 7.15. The number of carbonyl (C=O) groups excluding carboxylic acids is 1. The Labute approximate surface area is 94.1 Å². The predicted molar refractivity (Wildman–Crippen MR) is 62.9 cm³/mol. The predicted octanol–water partition coefficient (Wildman–Crippen LogP) is 3.54. The molecule has 1 aromatic carbocycles. The van der Waals surface area contributed by atoms with Gasteiger partial charge in [0.25, 0.3) is 0 Å². The number of carbonyl (C=O) groups is 1.